The van der Waals surface area contributed by atoms with Crippen LogP contribution in [-0.2, 0) is 4.79 Å². The summed E-state index contributed by atoms with van der Waals surface area (Å²) < 4.78 is 0. The highest BCUT2D eigenvalue weighted by Crippen LogP contribution is 2.16. The SMILES string of the molecule is CCC(=O)N(CCC#N)c1ccc(C)cc1. The van der Waals surface area contributed by atoms with Crippen LogP contribution in [0.1, 0.15) is 25.3 Å². The van der Waals surface area contributed by atoms with E-state index in [1.165, 1.54) is 0 Å². The summed E-state index contributed by atoms with van der Waals surface area (Å²) in [6, 6.07) is 9.84. The second kappa shape index (κ2) is 5.92. The maximum atomic E-state index is 11.7. The third kappa shape index (κ3) is 3.09. The van der Waals surface area contributed by atoms with E-state index in [9.17, 15) is 4.79 Å². The minimum atomic E-state index is 0.0547. The third-order valence-corrected chi connectivity index (χ3v) is 2.40. The van der Waals surface area contributed by atoms with Gasteiger partial charge in [0.25, 0.3) is 0 Å². The molecule has 1 aromatic rings. The standard InChI is InChI=1S/C13H16N2O/c1-3-13(16)15(10-4-9-14)12-7-5-11(2)6-8-12/h5-8H,3-4,10H2,1-2H3. The van der Waals surface area contributed by atoms with Crippen molar-refractivity contribution in [2.24, 2.45) is 0 Å². The van der Waals surface area contributed by atoms with E-state index in [4.69, 9.17) is 5.26 Å². The predicted octanol–water partition coefficient (Wildman–Crippen LogP) is 2.65. The van der Waals surface area contributed by atoms with Gasteiger partial charge in [-0.3, -0.25) is 4.79 Å². The Labute approximate surface area is 96.3 Å². The maximum Gasteiger partial charge on any atom is 0.226 e. The summed E-state index contributed by atoms with van der Waals surface area (Å²) in [6.07, 6.45) is 0.818. The van der Waals surface area contributed by atoms with Crippen molar-refractivity contribution < 1.29 is 4.79 Å². The molecule has 0 saturated heterocycles. The lowest BCUT2D eigenvalue weighted by Gasteiger charge is -2.21. The second-order valence-electron chi connectivity index (χ2n) is 3.64. The fourth-order valence-corrected chi connectivity index (χ4v) is 1.48. The van der Waals surface area contributed by atoms with E-state index in [0.717, 1.165) is 11.3 Å². The molecule has 16 heavy (non-hydrogen) atoms. The summed E-state index contributed by atoms with van der Waals surface area (Å²) in [5.74, 6) is 0.0547. The Morgan fingerprint density at radius 2 is 2.00 bits per heavy atom. The number of nitrogens with zero attached hydrogens (tertiary/aromatic N) is 2. The highest BCUT2D eigenvalue weighted by atomic mass is 16.2. The van der Waals surface area contributed by atoms with Crippen LogP contribution in [0, 0.1) is 18.3 Å². The number of benzene rings is 1. The number of carbonyl (C=O) groups excluding carboxylic acids is 1. The molecule has 0 aliphatic heterocycles. The number of carbonyl (C=O) groups is 1. The van der Waals surface area contributed by atoms with Crippen LogP contribution < -0.4 is 4.90 Å². The molecule has 1 amide bonds. The summed E-state index contributed by atoms with van der Waals surface area (Å²) in [6.45, 7) is 4.30. The normalized spacial score (nSPS) is 9.56. The van der Waals surface area contributed by atoms with Gasteiger partial charge in [0.15, 0.2) is 0 Å². The molecule has 0 radical (unpaired) electrons. The van der Waals surface area contributed by atoms with Gasteiger partial charge in [0.1, 0.15) is 0 Å². The van der Waals surface area contributed by atoms with E-state index >= 15 is 0 Å². The molecular formula is C13H16N2O. The van der Waals surface area contributed by atoms with Crippen LogP contribution in [0.4, 0.5) is 5.69 Å². The number of amides is 1. The van der Waals surface area contributed by atoms with Crippen LogP contribution in [0.15, 0.2) is 24.3 Å². The molecule has 0 aromatic heterocycles. The molecule has 84 valence electrons. The molecule has 0 heterocycles. The molecule has 1 rings (SSSR count). The van der Waals surface area contributed by atoms with Crippen LogP contribution in [-0.4, -0.2) is 12.5 Å². The smallest absolute Gasteiger partial charge is 0.226 e. The van der Waals surface area contributed by atoms with E-state index in [1.807, 2.05) is 38.1 Å². The maximum absolute atomic E-state index is 11.7. The lowest BCUT2D eigenvalue weighted by molar-refractivity contribution is -0.118. The van der Waals surface area contributed by atoms with E-state index in [0.29, 0.717) is 19.4 Å². The molecule has 0 fully saturated rings. The Bertz CT molecular complexity index is 389. The molecule has 0 saturated carbocycles. The van der Waals surface area contributed by atoms with Gasteiger partial charge < -0.3 is 4.90 Å². The van der Waals surface area contributed by atoms with Crippen LogP contribution in [0.2, 0.25) is 0 Å². The lowest BCUT2D eigenvalue weighted by atomic mass is 10.2. The third-order valence-electron chi connectivity index (χ3n) is 2.40. The summed E-state index contributed by atoms with van der Waals surface area (Å²) in [7, 11) is 0. The number of aryl methyl sites for hydroxylation is 1. The topological polar surface area (TPSA) is 44.1 Å². The first-order valence-corrected chi connectivity index (χ1v) is 5.43. The Morgan fingerprint density at radius 1 is 1.38 bits per heavy atom. The number of nitriles is 1. The minimum Gasteiger partial charge on any atom is -0.311 e. The van der Waals surface area contributed by atoms with Gasteiger partial charge >= 0.3 is 0 Å². The zero-order chi connectivity index (χ0) is 12.0. The molecule has 3 heteroatoms. The van der Waals surface area contributed by atoms with E-state index in [1.54, 1.807) is 4.90 Å². The Balaban J connectivity index is 2.88. The monoisotopic (exact) mass is 216 g/mol. The number of rotatable bonds is 4. The van der Waals surface area contributed by atoms with Gasteiger partial charge in [0.2, 0.25) is 5.91 Å². The van der Waals surface area contributed by atoms with Gasteiger partial charge in [-0.15, -0.1) is 0 Å². The van der Waals surface area contributed by atoms with Gasteiger partial charge in [-0.25, -0.2) is 0 Å². The minimum absolute atomic E-state index is 0.0547. The average Bonchev–Trinajstić information content (AvgIpc) is 2.31. The van der Waals surface area contributed by atoms with Crippen LogP contribution in [0.3, 0.4) is 0 Å². The van der Waals surface area contributed by atoms with Crippen molar-refractivity contribution in [2.75, 3.05) is 11.4 Å². The molecule has 0 aliphatic carbocycles. The molecule has 0 atom stereocenters. The van der Waals surface area contributed by atoms with Gasteiger partial charge in [0, 0.05) is 18.7 Å². The van der Waals surface area contributed by atoms with Crippen molar-refractivity contribution in [3.05, 3.63) is 29.8 Å². The molecule has 0 N–H and O–H groups in total. The van der Waals surface area contributed by atoms with Gasteiger partial charge in [-0.1, -0.05) is 24.6 Å². The van der Waals surface area contributed by atoms with E-state index < -0.39 is 0 Å². The first-order valence-electron chi connectivity index (χ1n) is 5.43. The van der Waals surface area contributed by atoms with Crippen molar-refractivity contribution in [3.8, 4) is 6.07 Å². The molecule has 3 nitrogen and oxygen atoms in total. The number of hydrogen-bond donors (Lipinski definition) is 0. The molecule has 0 aliphatic rings. The summed E-state index contributed by atoms with van der Waals surface area (Å²) in [5.41, 5.74) is 2.03. The molecule has 0 unspecified atom stereocenters. The van der Waals surface area contributed by atoms with Crippen molar-refractivity contribution in [1.82, 2.24) is 0 Å². The molecular weight excluding hydrogens is 200 g/mol. The van der Waals surface area contributed by atoms with Gasteiger partial charge in [-0.05, 0) is 19.1 Å². The first-order chi connectivity index (χ1) is 7.69. The Hall–Kier alpha value is -1.82. The van der Waals surface area contributed by atoms with Crippen molar-refractivity contribution in [3.63, 3.8) is 0 Å². The van der Waals surface area contributed by atoms with E-state index in [2.05, 4.69) is 6.07 Å². The van der Waals surface area contributed by atoms with Gasteiger partial charge in [0.05, 0.1) is 12.5 Å². The van der Waals surface area contributed by atoms with E-state index in [-0.39, 0.29) is 5.91 Å². The quantitative estimate of drug-likeness (QED) is 0.776. The largest absolute Gasteiger partial charge is 0.311 e. The van der Waals surface area contributed by atoms with Crippen molar-refractivity contribution in [1.29, 1.82) is 5.26 Å². The van der Waals surface area contributed by atoms with Crippen molar-refractivity contribution in [2.45, 2.75) is 26.7 Å². The fourth-order valence-electron chi connectivity index (χ4n) is 1.48. The summed E-state index contributed by atoms with van der Waals surface area (Å²) in [5, 5.41) is 8.57. The number of anilines is 1. The van der Waals surface area contributed by atoms with Crippen LogP contribution >= 0.6 is 0 Å². The van der Waals surface area contributed by atoms with Crippen LogP contribution in [0.25, 0.3) is 0 Å². The summed E-state index contributed by atoms with van der Waals surface area (Å²) >= 11 is 0. The Morgan fingerprint density at radius 3 is 2.50 bits per heavy atom. The molecule has 1 aromatic carbocycles. The highest BCUT2D eigenvalue weighted by Gasteiger charge is 2.12. The molecule has 0 bridgehead atoms. The van der Waals surface area contributed by atoms with Crippen molar-refractivity contribution >= 4 is 11.6 Å². The predicted molar refractivity (Wildman–Crippen MR) is 64.1 cm³/mol. The molecule has 0 spiro atoms. The highest BCUT2D eigenvalue weighted by molar-refractivity contribution is 5.93. The van der Waals surface area contributed by atoms with Crippen LogP contribution in [0.5, 0.6) is 0 Å². The summed E-state index contributed by atoms with van der Waals surface area (Å²) in [4.78, 5) is 13.4. The zero-order valence-electron chi connectivity index (χ0n) is 9.73. The Kier molecular flexibility index (Phi) is 4.53. The second-order valence-corrected chi connectivity index (χ2v) is 3.64. The fraction of sp³-hybridized carbons (Fsp3) is 0.385. The first kappa shape index (κ1) is 12.3. The number of hydrogen-bond acceptors (Lipinski definition) is 2. The van der Waals surface area contributed by atoms with Gasteiger partial charge in [-0.2, -0.15) is 5.26 Å². The zero-order valence-corrected chi connectivity index (χ0v) is 9.73. The lowest BCUT2D eigenvalue weighted by Crippen LogP contribution is -2.30. The average molecular weight is 216 g/mol.